The molecule has 1 unspecified atom stereocenters. The highest BCUT2D eigenvalue weighted by atomic mass is 79.9. The highest BCUT2D eigenvalue weighted by Crippen LogP contribution is 2.40. The van der Waals surface area contributed by atoms with Gasteiger partial charge in [-0.25, -0.2) is 4.79 Å². The minimum absolute atomic E-state index is 0.221. The molecule has 1 atom stereocenters. The Morgan fingerprint density at radius 1 is 0.951 bits per heavy atom. The first-order valence-corrected chi connectivity index (χ1v) is 14.9. The van der Waals surface area contributed by atoms with E-state index in [2.05, 4.69) is 28.0 Å². The van der Waals surface area contributed by atoms with Gasteiger partial charge in [-0.3, -0.25) is 0 Å². The third-order valence-corrected chi connectivity index (χ3v) is 7.82. The van der Waals surface area contributed by atoms with E-state index in [4.69, 9.17) is 23.4 Å². The maximum atomic E-state index is 12.6. The fourth-order valence-electron chi connectivity index (χ4n) is 4.80. The smallest absolute Gasteiger partial charge is 0.437 e. The van der Waals surface area contributed by atoms with Gasteiger partial charge in [0, 0.05) is 12.7 Å². The first-order valence-electron chi connectivity index (χ1n) is 14.1. The molecule has 0 aliphatic carbocycles. The second-order valence-corrected chi connectivity index (χ2v) is 10.7. The molecule has 0 amide bonds. The van der Waals surface area contributed by atoms with Crippen LogP contribution in [0.25, 0.3) is 0 Å². The standard InChI is InChI=1S/C32H35BrN2O6/c1-2-25-26(19-29-34-35(32(36)41-29)16-18-38-30-15-9-10-17-37-30)31(33)28(40-22-24-13-7-4-8-14-24)20-27(25)39-21-23-11-5-3-6-12-23/h3-8,11-14,20,30H,2,9-10,15-19,21-22H2,1H3. The van der Waals surface area contributed by atoms with Crippen molar-refractivity contribution in [3.63, 3.8) is 0 Å². The average Bonchev–Trinajstić information content (AvgIpc) is 3.36. The van der Waals surface area contributed by atoms with Gasteiger partial charge in [-0.05, 0) is 63.9 Å². The van der Waals surface area contributed by atoms with E-state index >= 15 is 0 Å². The molecular formula is C32H35BrN2O6. The Morgan fingerprint density at radius 3 is 2.27 bits per heavy atom. The third-order valence-electron chi connectivity index (χ3n) is 6.95. The monoisotopic (exact) mass is 622 g/mol. The van der Waals surface area contributed by atoms with Crippen LogP contribution in [0.5, 0.6) is 11.5 Å². The zero-order valence-corrected chi connectivity index (χ0v) is 24.8. The van der Waals surface area contributed by atoms with Gasteiger partial charge >= 0.3 is 5.76 Å². The van der Waals surface area contributed by atoms with E-state index in [1.54, 1.807) is 0 Å². The number of ether oxygens (including phenoxy) is 4. The second kappa shape index (κ2) is 14.5. The van der Waals surface area contributed by atoms with Crippen molar-refractivity contribution in [2.75, 3.05) is 13.2 Å². The highest BCUT2D eigenvalue weighted by Gasteiger charge is 2.21. The van der Waals surface area contributed by atoms with Gasteiger partial charge in [-0.1, -0.05) is 67.6 Å². The zero-order chi connectivity index (χ0) is 28.4. The summed E-state index contributed by atoms with van der Waals surface area (Å²) in [5, 5.41) is 4.46. The van der Waals surface area contributed by atoms with E-state index in [0.717, 1.165) is 51.7 Å². The lowest BCUT2D eigenvalue weighted by Gasteiger charge is -2.22. The summed E-state index contributed by atoms with van der Waals surface area (Å²) in [6.07, 6.45) is 3.78. The van der Waals surface area contributed by atoms with Crippen LogP contribution in [0.1, 0.15) is 54.3 Å². The summed E-state index contributed by atoms with van der Waals surface area (Å²) in [7, 11) is 0. The quantitative estimate of drug-likeness (QED) is 0.169. The van der Waals surface area contributed by atoms with Gasteiger partial charge in [0.25, 0.3) is 0 Å². The molecule has 0 saturated carbocycles. The number of hydrogen-bond acceptors (Lipinski definition) is 7. The van der Waals surface area contributed by atoms with Crippen molar-refractivity contribution >= 4 is 15.9 Å². The molecule has 0 spiro atoms. The highest BCUT2D eigenvalue weighted by molar-refractivity contribution is 9.10. The van der Waals surface area contributed by atoms with E-state index in [1.165, 1.54) is 4.68 Å². The Morgan fingerprint density at radius 2 is 1.63 bits per heavy atom. The molecule has 1 aromatic heterocycles. The average molecular weight is 624 g/mol. The van der Waals surface area contributed by atoms with Crippen LogP contribution in [0.4, 0.5) is 0 Å². The van der Waals surface area contributed by atoms with Gasteiger partial charge in [-0.2, -0.15) is 4.68 Å². The van der Waals surface area contributed by atoms with E-state index in [-0.39, 0.29) is 12.8 Å². The van der Waals surface area contributed by atoms with E-state index in [0.29, 0.717) is 50.9 Å². The van der Waals surface area contributed by atoms with Crippen LogP contribution < -0.4 is 15.2 Å². The van der Waals surface area contributed by atoms with E-state index < -0.39 is 5.76 Å². The molecule has 0 radical (unpaired) electrons. The lowest BCUT2D eigenvalue weighted by atomic mass is 10.0. The molecule has 4 aromatic rings. The Kier molecular flexibility index (Phi) is 10.3. The maximum absolute atomic E-state index is 12.6. The summed E-state index contributed by atoms with van der Waals surface area (Å²) < 4.78 is 31.6. The predicted octanol–water partition coefficient (Wildman–Crippen LogP) is 6.45. The molecule has 1 fully saturated rings. The van der Waals surface area contributed by atoms with E-state index in [1.807, 2.05) is 66.7 Å². The van der Waals surface area contributed by atoms with Crippen LogP contribution in [0.15, 0.2) is 80.4 Å². The fourth-order valence-corrected chi connectivity index (χ4v) is 5.41. The molecule has 5 rings (SSSR count). The molecule has 2 heterocycles. The van der Waals surface area contributed by atoms with Crippen LogP contribution >= 0.6 is 15.9 Å². The van der Waals surface area contributed by atoms with Crippen LogP contribution in [-0.4, -0.2) is 29.3 Å². The number of benzene rings is 3. The number of aromatic nitrogens is 2. The normalized spacial score (nSPS) is 15.1. The molecular weight excluding hydrogens is 588 g/mol. The number of nitrogens with zero attached hydrogens (tertiary/aromatic N) is 2. The molecule has 0 bridgehead atoms. The Bertz CT molecular complexity index is 1450. The zero-order valence-electron chi connectivity index (χ0n) is 23.2. The van der Waals surface area contributed by atoms with Gasteiger partial charge in [0.15, 0.2) is 6.29 Å². The summed E-state index contributed by atoms with van der Waals surface area (Å²) in [5.41, 5.74) is 4.02. The van der Waals surface area contributed by atoms with Crippen molar-refractivity contribution in [1.29, 1.82) is 0 Å². The van der Waals surface area contributed by atoms with Crippen molar-refractivity contribution in [1.82, 2.24) is 9.78 Å². The summed E-state index contributed by atoms with van der Waals surface area (Å²) in [4.78, 5) is 12.6. The summed E-state index contributed by atoms with van der Waals surface area (Å²) in [5.74, 6) is 1.17. The fraction of sp³-hybridized carbons (Fsp3) is 0.375. The molecule has 216 valence electrons. The predicted molar refractivity (Wildman–Crippen MR) is 158 cm³/mol. The van der Waals surface area contributed by atoms with Crippen molar-refractivity contribution in [3.05, 3.63) is 110 Å². The number of hydrogen-bond donors (Lipinski definition) is 0. The van der Waals surface area contributed by atoms with Crippen molar-refractivity contribution < 1.29 is 23.4 Å². The second-order valence-electron chi connectivity index (χ2n) is 9.87. The summed E-state index contributed by atoms with van der Waals surface area (Å²) in [6, 6.07) is 22.0. The van der Waals surface area contributed by atoms with Crippen LogP contribution in [0.3, 0.4) is 0 Å². The molecule has 1 aliphatic rings. The third kappa shape index (κ3) is 7.87. The molecule has 9 heteroatoms. The molecule has 1 aliphatic heterocycles. The Hall–Kier alpha value is -3.40. The van der Waals surface area contributed by atoms with Crippen molar-refractivity contribution in [3.8, 4) is 11.5 Å². The summed E-state index contributed by atoms with van der Waals surface area (Å²) in [6.45, 7) is 4.21. The lowest BCUT2D eigenvalue weighted by Crippen LogP contribution is -2.26. The number of halogens is 1. The summed E-state index contributed by atoms with van der Waals surface area (Å²) >= 11 is 3.78. The van der Waals surface area contributed by atoms with Gasteiger partial charge in [-0.15, -0.1) is 5.10 Å². The molecule has 41 heavy (non-hydrogen) atoms. The minimum Gasteiger partial charge on any atom is -0.488 e. The molecule has 8 nitrogen and oxygen atoms in total. The first kappa shape index (κ1) is 29.1. The molecule has 0 N–H and O–H groups in total. The van der Waals surface area contributed by atoms with Gasteiger partial charge in [0.1, 0.15) is 24.7 Å². The lowest BCUT2D eigenvalue weighted by molar-refractivity contribution is -0.164. The van der Waals surface area contributed by atoms with Crippen molar-refractivity contribution in [2.24, 2.45) is 0 Å². The topological polar surface area (TPSA) is 85.0 Å². The van der Waals surface area contributed by atoms with Crippen LogP contribution in [0, 0.1) is 0 Å². The van der Waals surface area contributed by atoms with Gasteiger partial charge in [0.05, 0.1) is 24.0 Å². The minimum atomic E-state index is -0.514. The Balaban J connectivity index is 1.37. The first-order chi connectivity index (χ1) is 20.1. The molecule has 1 saturated heterocycles. The Labute approximate surface area is 248 Å². The van der Waals surface area contributed by atoms with Crippen LogP contribution in [-0.2, 0) is 42.1 Å². The van der Waals surface area contributed by atoms with Crippen molar-refractivity contribution in [2.45, 2.75) is 65.1 Å². The van der Waals surface area contributed by atoms with Crippen LogP contribution in [0.2, 0.25) is 0 Å². The maximum Gasteiger partial charge on any atom is 0.437 e. The van der Waals surface area contributed by atoms with Gasteiger partial charge in [0.2, 0.25) is 5.89 Å². The SMILES string of the molecule is CCc1c(OCc2ccccc2)cc(OCc2ccccc2)c(Br)c1Cc1nn(CCOC2CCCCO2)c(=O)o1. The number of rotatable bonds is 13. The largest absolute Gasteiger partial charge is 0.488 e. The molecule has 3 aromatic carbocycles. The van der Waals surface area contributed by atoms with Gasteiger partial charge < -0.3 is 23.4 Å². The van der Waals surface area contributed by atoms with E-state index in [9.17, 15) is 4.79 Å².